The van der Waals surface area contributed by atoms with Crippen molar-refractivity contribution in [2.75, 3.05) is 26.9 Å². The van der Waals surface area contributed by atoms with Crippen molar-refractivity contribution in [2.45, 2.75) is 26.3 Å². The topological polar surface area (TPSA) is 68.8 Å². The van der Waals surface area contributed by atoms with Crippen molar-refractivity contribution in [3.05, 3.63) is 41.1 Å². The molecule has 0 saturated carbocycles. The molecule has 0 amide bonds. The lowest BCUT2D eigenvalue weighted by Gasteiger charge is -2.30. The van der Waals surface area contributed by atoms with Crippen molar-refractivity contribution in [1.82, 2.24) is 10.6 Å². The number of carbonyl (C=O) groups excluding carboxylic acids is 1. The molecule has 1 aliphatic rings. The lowest BCUT2D eigenvalue weighted by molar-refractivity contribution is -0.140. The van der Waals surface area contributed by atoms with Gasteiger partial charge in [0, 0.05) is 12.8 Å². The first-order chi connectivity index (χ1) is 12.1. The molecule has 0 aromatic heterocycles. The molecule has 2 N–H and O–H groups in total. The number of ether oxygens (including phenoxy) is 3. The van der Waals surface area contributed by atoms with Gasteiger partial charge in [0.2, 0.25) is 0 Å². The van der Waals surface area contributed by atoms with Crippen molar-refractivity contribution < 1.29 is 19.0 Å². The number of allylic oxidation sites excluding steroid dienone is 1. The summed E-state index contributed by atoms with van der Waals surface area (Å²) in [5.41, 5.74) is 2.10. The van der Waals surface area contributed by atoms with Gasteiger partial charge in [-0.25, -0.2) is 4.79 Å². The number of rotatable bonds is 8. The molecule has 0 fully saturated rings. The lowest BCUT2D eigenvalue weighted by Crippen LogP contribution is -2.45. The van der Waals surface area contributed by atoms with E-state index in [1.54, 1.807) is 7.11 Å². The average Bonchev–Trinajstić information content (AvgIpc) is 2.59. The van der Waals surface area contributed by atoms with Gasteiger partial charge in [-0.1, -0.05) is 19.1 Å². The van der Waals surface area contributed by atoms with Crippen LogP contribution < -0.4 is 15.4 Å². The third-order valence-corrected chi connectivity index (χ3v) is 3.92. The SMILES string of the molecule is CCCOc1ccc([C@@H]2NC(=S)NC(C)=C2C(=O)OCCOC)cc1. The van der Waals surface area contributed by atoms with E-state index >= 15 is 0 Å². The van der Waals surface area contributed by atoms with Gasteiger partial charge in [0.15, 0.2) is 5.11 Å². The van der Waals surface area contributed by atoms with E-state index in [9.17, 15) is 4.79 Å². The van der Waals surface area contributed by atoms with Crippen LogP contribution in [0.25, 0.3) is 0 Å². The quantitative estimate of drug-likeness (QED) is 0.417. The van der Waals surface area contributed by atoms with Crippen LogP contribution in [-0.2, 0) is 14.3 Å². The van der Waals surface area contributed by atoms with Gasteiger partial charge in [-0.05, 0) is 43.3 Å². The van der Waals surface area contributed by atoms with Crippen LogP contribution in [0.3, 0.4) is 0 Å². The minimum absolute atomic E-state index is 0.201. The number of thiocarbonyl (C=S) groups is 1. The summed E-state index contributed by atoms with van der Waals surface area (Å²) in [6.07, 6.45) is 0.950. The zero-order valence-electron chi connectivity index (χ0n) is 14.8. The molecule has 0 spiro atoms. The molecule has 0 unspecified atom stereocenters. The maximum absolute atomic E-state index is 12.5. The lowest BCUT2D eigenvalue weighted by atomic mass is 9.95. The van der Waals surface area contributed by atoms with Gasteiger partial charge in [-0.2, -0.15) is 0 Å². The van der Waals surface area contributed by atoms with E-state index in [4.69, 9.17) is 26.4 Å². The molecular weight excluding hydrogens is 340 g/mol. The number of hydrogen-bond donors (Lipinski definition) is 2. The normalized spacial score (nSPS) is 16.9. The first-order valence-electron chi connectivity index (χ1n) is 8.24. The first kappa shape index (κ1) is 19.2. The van der Waals surface area contributed by atoms with Crippen molar-refractivity contribution in [3.63, 3.8) is 0 Å². The highest BCUT2D eigenvalue weighted by atomic mass is 32.1. The summed E-state index contributed by atoms with van der Waals surface area (Å²) in [7, 11) is 1.56. The maximum atomic E-state index is 12.5. The molecule has 25 heavy (non-hydrogen) atoms. The number of esters is 1. The fourth-order valence-electron chi connectivity index (χ4n) is 2.49. The summed E-state index contributed by atoms with van der Waals surface area (Å²) in [5.74, 6) is 0.403. The largest absolute Gasteiger partial charge is 0.494 e. The van der Waals surface area contributed by atoms with Gasteiger partial charge in [-0.3, -0.25) is 0 Å². The molecule has 136 valence electrons. The molecule has 1 aromatic rings. The molecule has 1 atom stereocenters. The second-order valence-electron chi connectivity index (χ2n) is 5.62. The summed E-state index contributed by atoms with van der Waals surface area (Å²) in [6, 6.07) is 7.25. The van der Waals surface area contributed by atoms with Crippen LogP contribution in [0.4, 0.5) is 0 Å². The highest BCUT2D eigenvalue weighted by molar-refractivity contribution is 7.80. The monoisotopic (exact) mass is 364 g/mol. The van der Waals surface area contributed by atoms with Gasteiger partial charge in [0.1, 0.15) is 12.4 Å². The predicted molar refractivity (Wildman–Crippen MR) is 99.4 cm³/mol. The van der Waals surface area contributed by atoms with E-state index in [1.165, 1.54) is 0 Å². The molecule has 0 radical (unpaired) electrons. The number of hydrogen-bond acceptors (Lipinski definition) is 5. The summed E-state index contributed by atoms with van der Waals surface area (Å²) in [6.45, 7) is 5.10. The Morgan fingerprint density at radius 1 is 1.20 bits per heavy atom. The zero-order chi connectivity index (χ0) is 18.2. The highest BCUT2D eigenvalue weighted by Crippen LogP contribution is 2.28. The maximum Gasteiger partial charge on any atom is 0.338 e. The van der Waals surface area contributed by atoms with E-state index in [0.717, 1.165) is 17.7 Å². The van der Waals surface area contributed by atoms with Crippen LogP contribution in [0.2, 0.25) is 0 Å². The van der Waals surface area contributed by atoms with E-state index in [-0.39, 0.29) is 12.6 Å². The van der Waals surface area contributed by atoms with Gasteiger partial charge in [0.05, 0.1) is 24.8 Å². The fraction of sp³-hybridized carbons (Fsp3) is 0.444. The van der Waals surface area contributed by atoms with Crippen LogP contribution in [0.5, 0.6) is 5.75 Å². The first-order valence-corrected chi connectivity index (χ1v) is 8.64. The number of nitrogens with one attached hydrogen (secondary N) is 2. The Labute approximate surface area is 153 Å². The molecule has 7 heteroatoms. The van der Waals surface area contributed by atoms with E-state index in [0.29, 0.717) is 29.6 Å². The zero-order valence-corrected chi connectivity index (χ0v) is 15.6. The van der Waals surface area contributed by atoms with Gasteiger partial charge < -0.3 is 24.8 Å². The number of benzene rings is 1. The predicted octanol–water partition coefficient (Wildman–Crippen LogP) is 2.46. The Bertz CT molecular complexity index is 643. The van der Waals surface area contributed by atoms with E-state index in [2.05, 4.69) is 17.6 Å². The second kappa shape index (κ2) is 9.39. The van der Waals surface area contributed by atoms with Crippen LogP contribution in [-0.4, -0.2) is 38.0 Å². The summed E-state index contributed by atoms with van der Waals surface area (Å²) < 4.78 is 15.8. The Kier molecular flexibility index (Phi) is 7.21. The Morgan fingerprint density at radius 3 is 2.56 bits per heavy atom. The molecule has 1 aromatic carbocycles. The van der Waals surface area contributed by atoms with Crippen molar-refractivity contribution in [2.24, 2.45) is 0 Å². The standard InChI is InChI=1S/C18H24N2O4S/c1-4-9-23-14-7-5-13(6-8-14)16-15(12(2)19-18(25)20-16)17(21)24-11-10-22-3/h5-8,16H,4,9-11H2,1-3H3,(H2,19,20,25)/t16-/m0/s1. The molecule has 0 bridgehead atoms. The summed E-state index contributed by atoms with van der Waals surface area (Å²) >= 11 is 5.24. The molecule has 1 heterocycles. The van der Waals surface area contributed by atoms with Crippen LogP contribution in [0.15, 0.2) is 35.5 Å². The average molecular weight is 364 g/mol. The van der Waals surface area contributed by atoms with Gasteiger partial charge in [0.25, 0.3) is 0 Å². The number of carbonyl (C=O) groups is 1. The molecular formula is C18H24N2O4S. The minimum atomic E-state index is -0.395. The van der Waals surface area contributed by atoms with E-state index in [1.807, 2.05) is 31.2 Å². The summed E-state index contributed by atoms with van der Waals surface area (Å²) in [5, 5.41) is 6.59. The minimum Gasteiger partial charge on any atom is -0.494 e. The molecule has 0 saturated heterocycles. The van der Waals surface area contributed by atoms with E-state index < -0.39 is 5.97 Å². The molecule has 6 nitrogen and oxygen atoms in total. The van der Waals surface area contributed by atoms with Crippen LogP contribution in [0.1, 0.15) is 31.9 Å². The van der Waals surface area contributed by atoms with Gasteiger partial charge in [-0.15, -0.1) is 0 Å². The molecule has 2 rings (SSSR count). The summed E-state index contributed by atoms with van der Waals surface area (Å²) in [4.78, 5) is 12.5. The van der Waals surface area contributed by atoms with Crippen molar-refractivity contribution in [3.8, 4) is 5.75 Å². The smallest absolute Gasteiger partial charge is 0.338 e. The Balaban J connectivity index is 2.21. The van der Waals surface area contributed by atoms with Crippen LogP contribution >= 0.6 is 12.2 Å². The Morgan fingerprint density at radius 2 is 1.92 bits per heavy atom. The Hall–Kier alpha value is -2.12. The second-order valence-corrected chi connectivity index (χ2v) is 6.02. The molecule has 1 aliphatic heterocycles. The highest BCUT2D eigenvalue weighted by Gasteiger charge is 2.30. The third-order valence-electron chi connectivity index (χ3n) is 3.70. The van der Waals surface area contributed by atoms with Crippen molar-refractivity contribution >= 4 is 23.3 Å². The molecule has 0 aliphatic carbocycles. The van der Waals surface area contributed by atoms with Crippen LogP contribution in [0, 0.1) is 0 Å². The fourth-order valence-corrected chi connectivity index (χ4v) is 2.76. The number of methoxy groups -OCH3 is 1. The van der Waals surface area contributed by atoms with Gasteiger partial charge >= 0.3 is 5.97 Å². The third kappa shape index (κ3) is 5.17. The van der Waals surface area contributed by atoms with Crippen molar-refractivity contribution in [1.29, 1.82) is 0 Å².